The molecule has 2 aromatic rings. The number of hydrogen-bond acceptors (Lipinski definition) is 3. The largest absolute Gasteiger partial charge is 0.348 e. The number of carbonyl (C=O) groups is 1. The maximum atomic E-state index is 12.2. The number of thiophene rings is 1. The normalized spacial score (nSPS) is 20.4. The van der Waals surface area contributed by atoms with Gasteiger partial charge in [-0.3, -0.25) is 15.1 Å². The van der Waals surface area contributed by atoms with E-state index in [9.17, 15) is 4.79 Å². The van der Waals surface area contributed by atoms with Gasteiger partial charge >= 0.3 is 0 Å². The smallest absolute Gasteiger partial charge is 0.234 e. The summed E-state index contributed by atoms with van der Waals surface area (Å²) in [5.74, 6) is 5.91. The van der Waals surface area contributed by atoms with Crippen LogP contribution >= 0.6 is 11.3 Å². The first-order valence-corrected chi connectivity index (χ1v) is 8.63. The molecule has 0 unspecified atom stereocenters. The van der Waals surface area contributed by atoms with Gasteiger partial charge in [-0.05, 0) is 41.6 Å². The van der Waals surface area contributed by atoms with Crippen molar-refractivity contribution < 1.29 is 4.79 Å². The van der Waals surface area contributed by atoms with E-state index in [2.05, 4.69) is 40.7 Å². The van der Waals surface area contributed by atoms with Crippen LogP contribution in [0.4, 0.5) is 0 Å². The minimum Gasteiger partial charge on any atom is -0.348 e. The fourth-order valence-electron chi connectivity index (χ4n) is 2.83. The van der Waals surface area contributed by atoms with E-state index >= 15 is 0 Å². The summed E-state index contributed by atoms with van der Waals surface area (Å²) in [6.07, 6.45) is 0. The molecule has 24 heavy (non-hydrogen) atoms. The first-order chi connectivity index (χ1) is 11.5. The highest BCUT2D eigenvalue weighted by molar-refractivity contribution is 7.10. The molecule has 3 rings (SSSR count). The van der Waals surface area contributed by atoms with Gasteiger partial charge in [0, 0.05) is 17.5 Å². The topological polar surface area (TPSA) is 56.2 Å². The fourth-order valence-corrected chi connectivity index (χ4v) is 3.90. The number of hydrogen-bond donors (Lipinski definition) is 2. The predicted octanol–water partition coefficient (Wildman–Crippen LogP) is 3.46. The lowest BCUT2D eigenvalue weighted by molar-refractivity contribution is -0.132. The number of nitrogens with one attached hydrogen (secondary N) is 2. The van der Waals surface area contributed by atoms with E-state index in [0.717, 1.165) is 21.6 Å². The Morgan fingerprint density at radius 1 is 1.29 bits per heavy atom. The quantitative estimate of drug-likeness (QED) is 0.825. The van der Waals surface area contributed by atoms with Gasteiger partial charge in [0.25, 0.3) is 0 Å². The molecule has 1 aromatic heterocycles. The van der Waals surface area contributed by atoms with Crippen molar-refractivity contribution in [2.24, 2.45) is 5.92 Å². The lowest BCUT2D eigenvalue weighted by atomic mass is 9.96. The molecule has 0 aliphatic carbocycles. The van der Waals surface area contributed by atoms with Crippen LogP contribution < -0.4 is 5.32 Å². The van der Waals surface area contributed by atoms with Gasteiger partial charge in [-0.25, -0.2) is 0 Å². The molecule has 5 heteroatoms. The minimum atomic E-state index is -0.201. The zero-order valence-corrected chi connectivity index (χ0v) is 14.7. The zero-order chi connectivity index (χ0) is 17.3. The van der Waals surface area contributed by atoms with Crippen LogP contribution in [0.15, 0.2) is 35.7 Å². The summed E-state index contributed by atoms with van der Waals surface area (Å²) < 4.78 is 0. The molecule has 122 valence electrons. The second-order valence-corrected chi connectivity index (χ2v) is 6.79. The van der Waals surface area contributed by atoms with Gasteiger partial charge in [0.15, 0.2) is 5.96 Å². The Balaban J connectivity index is 1.90. The van der Waals surface area contributed by atoms with E-state index in [-0.39, 0.29) is 23.8 Å². The Morgan fingerprint density at radius 2 is 2.08 bits per heavy atom. The molecule has 4 nitrogen and oxygen atoms in total. The van der Waals surface area contributed by atoms with Crippen molar-refractivity contribution in [2.45, 2.75) is 19.9 Å². The van der Waals surface area contributed by atoms with E-state index < -0.39 is 0 Å². The molecule has 1 aliphatic heterocycles. The molecule has 1 saturated heterocycles. The molecule has 0 bridgehead atoms. The van der Waals surface area contributed by atoms with Crippen molar-refractivity contribution in [3.05, 3.63) is 46.2 Å². The van der Waals surface area contributed by atoms with Crippen LogP contribution in [0.25, 0.3) is 11.1 Å². The molecular weight excluding hydrogens is 318 g/mol. The molecule has 2 N–H and O–H groups in total. The van der Waals surface area contributed by atoms with E-state index in [4.69, 9.17) is 5.41 Å². The zero-order valence-electron chi connectivity index (χ0n) is 13.9. The molecular formula is C19H19N3OS. The highest BCUT2D eigenvalue weighted by Gasteiger charge is 2.36. The Morgan fingerprint density at radius 3 is 2.83 bits per heavy atom. The standard InChI is InChI=1S/C19H19N3OS/c1-4-6-13-7-5-8-14(9-13)15-10-16(24-11-15)17-12(2)18(23)22(3)19(20)21-17/h5,7-12,17H,1-3H3,(H2,20,21)/t12-,17+/m1/s1. The van der Waals surface area contributed by atoms with Gasteiger partial charge in [0.1, 0.15) is 0 Å². The molecule has 0 radical (unpaired) electrons. The summed E-state index contributed by atoms with van der Waals surface area (Å²) in [6.45, 7) is 3.73. The fraction of sp³-hybridized carbons (Fsp3) is 0.263. The summed E-state index contributed by atoms with van der Waals surface area (Å²) in [7, 11) is 1.63. The van der Waals surface area contributed by atoms with E-state index in [0.29, 0.717) is 0 Å². The van der Waals surface area contributed by atoms with Crippen LogP contribution in [0.5, 0.6) is 0 Å². The summed E-state index contributed by atoms with van der Waals surface area (Å²) in [4.78, 5) is 14.7. The maximum absolute atomic E-state index is 12.2. The van der Waals surface area contributed by atoms with Crippen LogP contribution in [-0.2, 0) is 4.79 Å². The highest BCUT2D eigenvalue weighted by Crippen LogP contribution is 2.34. The van der Waals surface area contributed by atoms with Gasteiger partial charge in [-0.2, -0.15) is 0 Å². The van der Waals surface area contributed by atoms with Crippen molar-refractivity contribution in [1.29, 1.82) is 5.41 Å². The number of carbonyl (C=O) groups excluding carboxylic acids is 1. The van der Waals surface area contributed by atoms with Gasteiger partial charge in [0.2, 0.25) is 5.91 Å². The third-order valence-corrected chi connectivity index (χ3v) is 5.25. The van der Waals surface area contributed by atoms with Crippen LogP contribution in [0.2, 0.25) is 0 Å². The molecule has 2 heterocycles. The predicted molar refractivity (Wildman–Crippen MR) is 97.8 cm³/mol. The van der Waals surface area contributed by atoms with Crippen LogP contribution in [-0.4, -0.2) is 23.8 Å². The molecule has 1 amide bonds. The third kappa shape index (κ3) is 2.93. The second kappa shape index (κ2) is 6.50. The van der Waals surface area contributed by atoms with Crippen molar-refractivity contribution in [1.82, 2.24) is 10.2 Å². The average Bonchev–Trinajstić information content (AvgIpc) is 3.07. The van der Waals surface area contributed by atoms with Crippen molar-refractivity contribution in [3.8, 4) is 23.0 Å². The first kappa shape index (κ1) is 16.3. The van der Waals surface area contributed by atoms with Crippen molar-refractivity contribution in [3.63, 3.8) is 0 Å². The lowest BCUT2D eigenvalue weighted by Gasteiger charge is -2.35. The molecule has 1 aliphatic rings. The number of guanidine groups is 1. The van der Waals surface area contributed by atoms with Gasteiger partial charge in [-0.15, -0.1) is 17.3 Å². The summed E-state index contributed by atoms with van der Waals surface area (Å²) in [6, 6.07) is 10.1. The summed E-state index contributed by atoms with van der Waals surface area (Å²) in [5, 5.41) is 13.2. The second-order valence-electron chi connectivity index (χ2n) is 5.85. The number of nitrogens with zero attached hydrogens (tertiary/aromatic N) is 1. The van der Waals surface area contributed by atoms with E-state index in [1.54, 1.807) is 18.4 Å². The molecule has 1 aromatic carbocycles. The minimum absolute atomic E-state index is 0.0288. The summed E-state index contributed by atoms with van der Waals surface area (Å²) >= 11 is 1.61. The Bertz CT molecular complexity index is 859. The maximum Gasteiger partial charge on any atom is 0.234 e. The SMILES string of the molecule is CC#Cc1cccc(-c2csc([C@H]3NC(=N)N(C)C(=O)[C@@H]3C)c2)c1. The van der Waals surface area contributed by atoms with Crippen molar-refractivity contribution >= 4 is 23.2 Å². The van der Waals surface area contributed by atoms with Crippen LogP contribution in [0.1, 0.15) is 30.3 Å². The number of benzene rings is 1. The third-order valence-electron chi connectivity index (χ3n) is 4.24. The van der Waals surface area contributed by atoms with Gasteiger partial charge in [0.05, 0.1) is 12.0 Å². The number of amides is 1. The van der Waals surface area contributed by atoms with Crippen molar-refractivity contribution in [2.75, 3.05) is 7.05 Å². The Hall–Kier alpha value is -2.58. The first-order valence-electron chi connectivity index (χ1n) is 7.75. The highest BCUT2D eigenvalue weighted by atomic mass is 32.1. The Labute approximate surface area is 146 Å². The molecule has 2 atom stereocenters. The average molecular weight is 337 g/mol. The molecule has 0 saturated carbocycles. The van der Waals surface area contributed by atoms with Crippen LogP contribution in [0.3, 0.4) is 0 Å². The van der Waals surface area contributed by atoms with E-state index in [1.807, 2.05) is 26.0 Å². The van der Waals surface area contributed by atoms with Gasteiger partial charge in [-0.1, -0.05) is 25.0 Å². The summed E-state index contributed by atoms with van der Waals surface area (Å²) in [5.41, 5.74) is 3.21. The molecule has 0 spiro atoms. The van der Waals surface area contributed by atoms with E-state index in [1.165, 1.54) is 4.90 Å². The number of rotatable bonds is 2. The Kier molecular flexibility index (Phi) is 4.41. The lowest BCUT2D eigenvalue weighted by Crippen LogP contribution is -2.53. The molecule has 1 fully saturated rings. The van der Waals surface area contributed by atoms with Gasteiger partial charge < -0.3 is 5.32 Å². The monoisotopic (exact) mass is 337 g/mol. The van der Waals surface area contributed by atoms with Crippen LogP contribution in [0, 0.1) is 23.2 Å².